The zero-order valence-corrected chi connectivity index (χ0v) is 8.73. The van der Waals surface area contributed by atoms with E-state index in [9.17, 15) is 0 Å². The predicted octanol–water partition coefficient (Wildman–Crippen LogP) is 0.421. The van der Waals surface area contributed by atoms with Crippen molar-refractivity contribution in [3.05, 3.63) is 22.3 Å². The molecule has 13 heavy (non-hydrogen) atoms. The molecule has 0 fully saturated rings. The maximum absolute atomic E-state index is 9.11. The minimum Gasteiger partial charge on any atom is -0.392 e. The summed E-state index contributed by atoms with van der Waals surface area (Å²) in [5, 5.41) is 21.2. The van der Waals surface area contributed by atoms with Gasteiger partial charge in [-0.05, 0) is 25.0 Å². The van der Waals surface area contributed by atoms with Crippen molar-refractivity contribution in [2.45, 2.75) is 19.4 Å². The zero-order valence-electron chi connectivity index (χ0n) is 7.83. The fourth-order valence-electron chi connectivity index (χ4n) is 1.27. The summed E-state index contributed by atoms with van der Waals surface area (Å²) in [6.07, 6.45) is 1.73. The molecular weight excluding hydrogens is 186 g/mol. The van der Waals surface area contributed by atoms with E-state index in [0.717, 1.165) is 10.5 Å². The molecule has 1 aliphatic rings. The SMILES string of the molecule is CC1(C)NC=C(CO)C(CO)=C1S. The second-order valence-electron chi connectivity index (χ2n) is 3.58. The number of aliphatic hydroxyl groups excluding tert-OH is 2. The first kappa shape index (κ1) is 10.6. The van der Waals surface area contributed by atoms with Crippen LogP contribution in [0.2, 0.25) is 0 Å². The summed E-state index contributed by atoms with van der Waals surface area (Å²) in [6.45, 7) is 3.77. The largest absolute Gasteiger partial charge is 0.392 e. The maximum atomic E-state index is 9.11. The van der Waals surface area contributed by atoms with Crippen LogP contribution in [0.5, 0.6) is 0 Å². The van der Waals surface area contributed by atoms with Crippen molar-refractivity contribution in [1.82, 2.24) is 5.32 Å². The molecule has 0 spiro atoms. The van der Waals surface area contributed by atoms with Crippen LogP contribution in [-0.2, 0) is 0 Å². The van der Waals surface area contributed by atoms with E-state index >= 15 is 0 Å². The summed E-state index contributed by atoms with van der Waals surface area (Å²) < 4.78 is 0. The number of hydrogen-bond acceptors (Lipinski definition) is 4. The fourth-order valence-corrected chi connectivity index (χ4v) is 1.55. The topological polar surface area (TPSA) is 52.5 Å². The Hall–Kier alpha value is -0.450. The summed E-state index contributed by atoms with van der Waals surface area (Å²) in [4.78, 5) is 0.779. The van der Waals surface area contributed by atoms with E-state index in [0.29, 0.717) is 5.57 Å². The highest BCUT2D eigenvalue weighted by Gasteiger charge is 2.27. The van der Waals surface area contributed by atoms with Gasteiger partial charge in [0, 0.05) is 11.1 Å². The molecule has 0 saturated carbocycles. The molecule has 0 aliphatic carbocycles. The molecule has 3 nitrogen and oxygen atoms in total. The van der Waals surface area contributed by atoms with Gasteiger partial charge in [-0.1, -0.05) is 0 Å². The maximum Gasteiger partial charge on any atom is 0.0699 e. The Morgan fingerprint density at radius 2 is 2.00 bits per heavy atom. The van der Waals surface area contributed by atoms with Crippen molar-refractivity contribution in [2.24, 2.45) is 0 Å². The Morgan fingerprint density at radius 1 is 1.38 bits per heavy atom. The molecule has 74 valence electrons. The zero-order chi connectivity index (χ0) is 10.1. The lowest BCUT2D eigenvalue weighted by atomic mass is 9.94. The third kappa shape index (κ3) is 1.90. The van der Waals surface area contributed by atoms with Gasteiger partial charge >= 0.3 is 0 Å². The monoisotopic (exact) mass is 201 g/mol. The number of nitrogens with one attached hydrogen (secondary N) is 1. The molecule has 0 atom stereocenters. The van der Waals surface area contributed by atoms with E-state index < -0.39 is 0 Å². The van der Waals surface area contributed by atoms with E-state index in [-0.39, 0.29) is 18.8 Å². The molecule has 1 heterocycles. The van der Waals surface area contributed by atoms with Gasteiger partial charge in [0.05, 0.1) is 18.8 Å². The predicted molar refractivity (Wildman–Crippen MR) is 55.5 cm³/mol. The van der Waals surface area contributed by atoms with Crippen LogP contribution in [0.1, 0.15) is 13.8 Å². The first-order valence-electron chi connectivity index (χ1n) is 4.14. The van der Waals surface area contributed by atoms with Crippen LogP contribution in [0.15, 0.2) is 22.3 Å². The molecular formula is C9H15NO2S. The number of hydrogen-bond donors (Lipinski definition) is 4. The van der Waals surface area contributed by atoms with Crippen molar-refractivity contribution < 1.29 is 10.2 Å². The Bertz CT molecular complexity index is 269. The van der Waals surface area contributed by atoms with E-state index in [1.807, 2.05) is 13.8 Å². The van der Waals surface area contributed by atoms with E-state index in [4.69, 9.17) is 10.2 Å². The Balaban J connectivity index is 3.08. The third-order valence-corrected chi connectivity index (χ3v) is 3.03. The molecule has 0 saturated heterocycles. The Kier molecular flexibility index (Phi) is 3.05. The van der Waals surface area contributed by atoms with Gasteiger partial charge in [0.15, 0.2) is 0 Å². The molecule has 0 aromatic carbocycles. The van der Waals surface area contributed by atoms with Gasteiger partial charge in [-0.2, -0.15) is 0 Å². The minimum atomic E-state index is -0.264. The number of thiol groups is 1. The Morgan fingerprint density at radius 3 is 2.46 bits per heavy atom. The van der Waals surface area contributed by atoms with Crippen LogP contribution < -0.4 is 5.32 Å². The van der Waals surface area contributed by atoms with Crippen LogP contribution in [-0.4, -0.2) is 29.0 Å². The summed E-state index contributed by atoms with van der Waals surface area (Å²) >= 11 is 4.34. The fraction of sp³-hybridized carbons (Fsp3) is 0.556. The average molecular weight is 201 g/mol. The smallest absolute Gasteiger partial charge is 0.0699 e. The van der Waals surface area contributed by atoms with Gasteiger partial charge in [0.25, 0.3) is 0 Å². The van der Waals surface area contributed by atoms with Crippen LogP contribution in [0.4, 0.5) is 0 Å². The molecule has 0 bridgehead atoms. The van der Waals surface area contributed by atoms with Gasteiger partial charge in [-0.3, -0.25) is 0 Å². The molecule has 1 aliphatic heterocycles. The molecule has 0 aromatic heterocycles. The van der Waals surface area contributed by atoms with Crippen LogP contribution in [0, 0.1) is 0 Å². The first-order chi connectivity index (χ1) is 6.03. The van der Waals surface area contributed by atoms with Crippen LogP contribution in [0.25, 0.3) is 0 Å². The van der Waals surface area contributed by atoms with Crippen LogP contribution >= 0.6 is 12.6 Å². The summed E-state index contributed by atoms with van der Waals surface area (Å²) in [5.41, 5.74) is 1.15. The molecule has 0 unspecified atom stereocenters. The highest BCUT2D eigenvalue weighted by atomic mass is 32.1. The second kappa shape index (κ2) is 3.74. The molecule has 0 amide bonds. The van der Waals surface area contributed by atoms with Gasteiger partial charge < -0.3 is 15.5 Å². The van der Waals surface area contributed by atoms with Crippen molar-refractivity contribution in [2.75, 3.05) is 13.2 Å². The second-order valence-corrected chi connectivity index (χ2v) is 4.03. The molecule has 3 N–H and O–H groups in total. The van der Waals surface area contributed by atoms with E-state index in [1.165, 1.54) is 0 Å². The quantitative estimate of drug-likeness (QED) is 0.490. The van der Waals surface area contributed by atoms with Gasteiger partial charge in [0.1, 0.15) is 0 Å². The van der Waals surface area contributed by atoms with Crippen molar-refractivity contribution in [1.29, 1.82) is 0 Å². The third-order valence-electron chi connectivity index (χ3n) is 2.20. The molecule has 0 radical (unpaired) electrons. The summed E-state index contributed by atoms with van der Waals surface area (Å²) in [6, 6.07) is 0. The van der Waals surface area contributed by atoms with Crippen molar-refractivity contribution >= 4 is 12.6 Å². The van der Waals surface area contributed by atoms with Gasteiger partial charge in [-0.15, -0.1) is 12.6 Å². The van der Waals surface area contributed by atoms with E-state index in [1.54, 1.807) is 6.20 Å². The summed E-state index contributed by atoms with van der Waals surface area (Å²) in [5.74, 6) is 0. The van der Waals surface area contributed by atoms with E-state index in [2.05, 4.69) is 17.9 Å². The lowest BCUT2D eigenvalue weighted by Gasteiger charge is -2.33. The normalized spacial score (nSPS) is 21.2. The lowest BCUT2D eigenvalue weighted by Crippen LogP contribution is -2.40. The number of rotatable bonds is 2. The number of aliphatic hydroxyl groups is 2. The minimum absolute atomic E-state index is 0.0803. The highest BCUT2D eigenvalue weighted by molar-refractivity contribution is 7.84. The van der Waals surface area contributed by atoms with Crippen molar-refractivity contribution in [3.8, 4) is 0 Å². The van der Waals surface area contributed by atoms with Crippen molar-refractivity contribution in [3.63, 3.8) is 0 Å². The standard InChI is InChI=1S/C9H15NO2S/c1-9(2)8(13)7(5-12)6(4-11)3-10-9/h3,10-13H,4-5H2,1-2H3. The Labute approximate surface area is 83.6 Å². The molecule has 0 aromatic rings. The molecule has 4 heteroatoms. The highest BCUT2D eigenvalue weighted by Crippen LogP contribution is 2.30. The first-order valence-corrected chi connectivity index (χ1v) is 4.59. The van der Waals surface area contributed by atoms with Gasteiger partial charge in [0.2, 0.25) is 0 Å². The lowest BCUT2D eigenvalue weighted by molar-refractivity contribution is 0.304. The van der Waals surface area contributed by atoms with Gasteiger partial charge in [-0.25, -0.2) is 0 Å². The summed E-state index contributed by atoms with van der Waals surface area (Å²) in [7, 11) is 0. The molecule has 1 rings (SSSR count). The number of dihydropyridines is 1. The average Bonchev–Trinajstić information content (AvgIpc) is 2.09. The van der Waals surface area contributed by atoms with Crippen LogP contribution in [0.3, 0.4) is 0 Å².